The minimum Gasteiger partial charge on any atom is -0.328 e. The number of quaternary nitrogens is 1. The number of hydrogen-bond donors (Lipinski definition) is 2. The monoisotopic (exact) mass is 414 g/mol. The number of piperazine rings is 1. The molecule has 0 spiro atoms. The van der Waals surface area contributed by atoms with E-state index in [1.165, 1.54) is 33.1 Å². The number of nitrogens with zero attached hydrogens (tertiary/aromatic N) is 1. The summed E-state index contributed by atoms with van der Waals surface area (Å²) in [6.45, 7) is 4.79. The van der Waals surface area contributed by atoms with Gasteiger partial charge in [-0.05, 0) is 36.4 Å². The first kappa shape index (κ1) is 19.3. The van der Waals surface area contributed by atoms with E-state index >= 15 is 0 Å². The van der Waals surface area contributed by atoms with Crippen LogP contribution in [0.3, 0.4) is 0 Å². The molecule has 0 aliphatic carbocycles. The second-order valence-corrected chi connectivity index (χ2v) is 9.98. The summed E-state index contributed by atoms with van der Waals surface area (Å²) in [7, 11) is -3.51. The summed E-state index contributed by atoms with van der Waals surface area (Å²) < 4.78 is 27.9. The average molecular weight is 415 g/mol. The maximum Gasteiger partial charge on any atom is 0.243 e. The normalized spacial score (nSPS) is 16.5. The molecule has 26 heavy (non-hydrogen) atoms. The molecular weight excluding hydrogens is 394 g/mol. The summed E-state index contributed by atoms with van der Waals surface area (Å²) >= 11 is 7.54. The minimum atomic E-state index is -3.51. The number of thiophene rings is 1. The standard InChI is InChI=1S/C17H20ClN3O3S2/c1-13(22)19-14-2-5-16(6-3-14)26(23,24)21-10-8-20(9-11-21)12-15-4-7-17(18)25-15/h2-7H,8-12H2,1H3,(H,19,22)/p+1. The third kappa shape index (κ3) is 4.63. The molecule has 0 atom stereocenters. The van der Waals surface area contributed by atoms with Gasteiger partial charge in [0.2, 0.25) is 15.9 Å². The van der Waals surface area contributed by atoms with Gasteiger partial charge in [-0.1, -0.05) is 11.6 Å². The molecule has 2 N–H and O–H groups in total. The Kier molecular flexibility index (Phi) is 5.99. The van der Waals surface area contributed by atoms with Crippen LogP contribution in [0.5, 0.6) is 0 Å². The van der Waals surface area contributed by atoms with E-state index in [-0.39, 0.29) is 10.8 Å². The lowest BCUT2D eigenvalue weighted by molar-refractivity contribution is -0.917. The number of rotatable bonds is 5. The van der Waals surface area contributed by atoms with E-state index in [2.05, 4.69) is 5.32 Å². The van der Waals surface area contributed by atoms with Gasteiger partial charge in [0.05, 0.1) is 40.3 Å². The van der Waals surface area contributed by atoms with Crippen LogP contribution in [0.25, 0.3) is 0 Å². The molecule has 0 radical (unpaired) electrons. The quantitative estimate of drug-likeness (QED) is 0.777. The van der Waals surface area contributed by atoms with Gasteiger partial charge in [0.25, 0.3) is 0 Å². The van der Waals surface area contributed by atoms with Gasteiger partial charge in [0, 0.05) is 12.6 Å². The maximum absolute atomic E-state index is 12.8. The summed E-state index contributed by atoms with van der Waals surface area (Å²) in [4.78, 5) is 13.9. The lowest BCUT2D eigenvalue weighted by Gasteiger charge is -2.31. The van der Waals surface area contributed by atoms with Gasteiger partial charge >= 0.3 is 0 Å². The van der Waals surface area contributed by atoms with Crippen molar-refractivity contribution in [1.29, 1.82) is 0 Å². The minimum absolute atomic E-state index is 0.188. The molecule has 3 rings (SSSR count). The molecular formula is C17H21ClN3O3S2+. The van der Waals surface area contributed by atoms with E-state index in [0.717, 1.165) is 24.0 Å². The topological polar surface area (TPSA) is 70.9 Å². The smallest absolute Gasteiger partial charge is 0.243 e. The summed E-state index contributed by atoms with van der Waals surface area (Å²) in [6.07, 6.45) is 0. The largest absolute Gasteiger partial charge is 0.328 e. The van der Waals surface area contributed by atoms with E-state index in [1.54, 1.807) is 23.5 Å². The molecule has 1 saturated heterocycles. The Bertz CT molecular complexity index is 873. The third-order valence-electron chi connectivity index (χ3n) is 4.30. The number of amides is 1. The van der Waals surface area contributed by atoms with Crippen molar-refractivity contribution in [2.45, 2.75) is 18.4 Å². The number of anilines is 1. The Morgan fingerprint density at radius 3 is 2.38 bits per heavy atom. The summed E-state index contributed by atoms with van der Waals surface area (Å²) in [5.74, 6) is -0.188. The number of hydrogen-bond acceptors (Lipinski definition) is 4. The van der Waals surface area contributed by atoms with Gasteiger partial charge in [0.15, 0.2) is 0 Å². The number of carbonyl (C=O) groups excluding carboxylic acids is 1. The molecule has 2 heterocycles. The Morgan fingerprint density at radius 1 is 1.19 bits per heavy atom. The molecule has 0 saturated carbocycles. The van der Waals surface area contributed by atoms with Crippen LogP contribution in [0.15, 0.2) is 41.3 Å². The highest BCUT2D eigenvalue weighted by molar-refractivity contribution is 7.89. The molecule has 140 valence electrons. The Labute approximate surface area is 162 Å². The van der Waals surface area contributed by atoms with Gasteiger partial charge in [-0.25, -0.2) is 8.42 Å². The van der Waals surface area contributed by atoms with Gasteiger partial charge in [0.1, 0.15) is 6.54 Å². The molecule has 0 bridgehead atoms. The van der Waals surface area contributed by atoms with Crippen molar-refractivity contribution in [3.63, 3.8) is 0 Å². The van der Waals surface area contributed by atoms with E-state index in [9.17, 15) is 13.2 Å². The lowest BCUT2D eigenvalue weighted by Crippen LogP contribution is -3.13. The first-order chi connectivity index (χ1) is 12.3. The molecule has 2 aromatic rings. The van der Waals surface area contributed by atoms with E-state index in [0.29, 0.717) is 18.8 Å². The van der Waals surface area contributed by atoms with Crippen molar-refractivity contribution in [2.24, 2.45) is 0 Å². The van der Waals surface area contributed by atoms with Crippen LogP contribution >= 0.6 is 22.9 Å². The average Bonchev–Trinajstić information content (AvgIpc) is 3.00. The highest BCUT2D eigenvalue weighted by Gasteiger charge is 2.30. The molecule has 1 aromatic carbocycles. The first-order valence-electron chi connectivity index (χ1n) is 8.30. The van der Waals surface area contributed by atoms with Crippen LogP contribution in [0.1, 0.15) is 11.8 Å². The van der Waals surface area contributed by atoms with Gasteiger partial charge in [-0.15, -0.1) is 11.3 Å². The molecule has 1 aliphatic heterocycles. The second-order valence-electron chi connectivity index (χ2n) is 6.24. The molecule has 1 aromatic heterocycles. The third-order valence-corrected chi connectivity index (χ3v) is 7.44. The zero-order valence-corrected chi connectivity index (χ0v) is 16.8. The van der Waals surface area contributed by atoms with Crippen LogP contribution in [-0.2, 0) is 21.4 Å². The van der Waals surface area contributed by atoms with Crippen molar-refractivity contribution in [3.05, 3.63) is 45.6 Å². The van der Waals surface area contributed by atoms with Gasteiger partial charge in [-0.3, -0.25) is 4.79 Å². The predicted molar refractivity (Wildman–Crippen MR) is 103 cm³/mol. The van der Waals surface area contributed by atoms with Gasteiger partial charge < -0.3 is 10.2 Å². The van der Waals surface area contributed by atoms with Gasteiger partial charge in [-0.2, -0.15) is 4.31 Å². The van der Waals surface area contributed by atoms with Crippen LogP contribution in [-0.4, -0.2) is 44.8 Å². The molecule has 1 aliphatic rings. The lowest BCUT2D eigenvalue weighted by atomic mass is 10.3. The van der Waals surface area contributed by atoms with Crippen molar-refractivity contribution in [3.8, 4) is 0 Å². The number of benzene rings is 1. The highest BCUT2D eigenvalue weighted by Crippen LogP contribution is 2.21. The van der Waals surface area contributed by atoms with Crippen LogP contribution in [0.2, 0.25) is 4.34 Å². The van der Waals surface area contributed by atoms with Crippen molar-refractivity contribution in [2.75, 3.05) is 31.5 Å². The highest BCUT2D eigenvalue weighted by atomic mass is 35.5. The van der Waals surface area contributed by atoms with Crippen molar-refractivity contribution < 1.29 is 18.1 Å². The predicted octanol–water partition coefficient (Wildman–Crippen LogP) is 1.45. The number of halogens is 1. The fraction of sp³-hybridized carbons (Fsp3) is 0.353. The second kappa shape index (κ2) is 8.06. The fourth-order valence-corrected chi connectivity index (χ4v) is 5.58. The van der Waals surface area contributed by atoms with Crippen LogP contribution in [0, 0.1) is 0 Å². The molecule has 6 nitrogen and oxygen atoms in total. The summed E-state index contributed by atoms with van der Waals surface area (Å²) in [5.41, 5.74) is 0.584. The first-order valence-corrected chi connectivity index (χ1v) is 10.9. The molecule has 0 unspecified atom stereocenters. The fourth-order valence-electron chi connectivity index (χ4n) is 2.98. The molecule has 9 heteroatoms. The van der Waals surface area contributed by atoms with Crippen LogP contribution < -0.4 is 10.2 Å². The molecule has 1 fully saturated rings. The van der Waals surface area contributed by atoms with E-state index in [4.69, 9.17) is 11.6 Å². The van der Waals surface area contributed by atoms with E-state index in [1.807, 2.05) is 12.1 Å². The zero-order valence-electron chi connectivity index (χ0n) is 14.4. The zero-order chi connectivity index (χ0) is 18.7. The maximum atomic E-state index is 12.8. The SMILES string of the molecule is CC(=O)Nc1ccc(S(=O)(=O)N2CC[NH+](Cc3ccc(Cl)s3)CC2)cc1. The summed E-state index contributed by atoms with van der Waals surface area (Å²) in [5, 5.41) is 2.63. The number of nitrogens with one attached hydrogen (secondary N) is 2. The van der Waals surface area contributed by atoms with Crippen LogP contribution in [0.4, 0.5) is 5.69 Å². The van der Waals surface area contributed by atoms with E-state index < -0.39 is 10.0 Å². The number of carbonyl (C=O) groups is 1. The molecule has 1 amide bonds. The van der Waals surface area contributed by atoms with Crippen molar-refractivity contribution >= 4 is 44.6 Å². The number of sulfonamides is 1. The summed E-state index contributed by atoms with van der Waals surface area (Å²) in [6, 6.07) is 10.2. The van der Waals surface area contributed by atoms with Crippen molar-refractivity contribution in [1.82, 2.24) is 4.31 Å². The Balaban J connectivity index is 1.61. The Hall–Kier alpha value is -1.45. The Morgan fingerprint density at radius 2 is 1.85 bits per heavy atom.